The molecule has 0 saturated heterocycles. The van der Waals surface area contributed by atoms with Crippen molar-refractivity contribution in [3.63, 3.8) is 0 Å². The molecule has 0 amide bonds. The van der Waals surface area contributed by atoms with Gasteiger partial charge in [-0.2, -0.15) is 0 Å². The minimum atomic E-state index is -0.214. The first-order chi connectivity index (χ1) is 11.1. The Hall–Kier alpha value is -1.83. The molecule has 4 nitrogen and oxygen atoms in total. The maximum Gasteiger partial charge on any atom is 0.193 e. The van der Waals surface area contributed by atoms with Gasteiger partial charge in [-0.15, -0.1) is 24.0 Å². The number of benzene rings is 2. The molecule has 0 spiro atoms. The summed E-state index contributed by atoms with van der Waals surface area (Å²) in [6.07, 6.45) is 2.11. The van der Waals surface area contributed by atoms with Crippen molar-refractivity contribution < 1.29 is 9.13 Å². The quantitative estimate of drug-likeness (QED) is 0.420. The van der Waals surface area contributed by atoms with Crippen molar-refractivity contribution in [3.05, 3.63) is 59.9 Å². The fraction of sp³-hybridized carbons (Fsp3) is 0.278. The van der Waals surface area contributed by atoms with E-state index < -0.39 is 0 Å². The lowest BCUT2D eigenvalue weighted by molar-refractivity contribution is 0.415. The lowest BCUT2D eigenvalue weighted by atomic mass is 9.96. The van der Waals surface area contributed by atoms with E-state index in [0.717, 1.165) is 29.8 Å². The van der Waals surface area contributed by atoms with Gasteiger partial charge in [-0.05, 0) is 54.8 Å². The Kier molecular flexibility index (Phi) is 6.04. The smallest absolute Gasteiger partial charge is 0.193 e. The van der Waals surface area contributed by atoms with Gasteiger partial charge in [0.05, 0.1) is 13.7 Å². The summed E-state index contributed by atoms with van der Waals surface area (Å²) in [4.78, 5) is 4.45. The van der Waals surface area contributed by atoms with Gasteiger partial charge in [0.25, 0.3) is 0 Å². The second kappa shape index (κ2) is 7.83. The molecule has 6 heteroatoms. The molecule has 2 aromatic carbocycles. The SMILES string of the molecule is COc1ccc(NC(N)=NCC2(c3ccc(F)cc3)CC2)cc1.I. The molecule has 0 aromatic heterocycles. The second-order valence-corrected chi connectivity index (χ2v) is 5.84. The van der Waals surface area contributed by atoms with Crippen LogP contribution in [0.3, 0.4) is 0 Å². The molecule has 0 unspecified atom stereocenters. The molecule has 3 N–H and O–H groups in total. The standard InChI is InChI=1S/C18H20FN3O.HI/c1-23-16-8-6-15(7-9-16)22-17(20)21-12-18(10-11-18)13-2-4-14(19)5-3-13;/h2-9H,10-12H2,1H3,(H3,20,21,22);1H. The van der Waals surface area contributed by atoms with Gasteiger partial charge in [-0.25, -0.2) is 4.39 Å². The van der Waals surface area contributed by atoms with Crippen LogP contribution in [0.15, 0.2) is 53.5 Å². The molecular weight excluding hydrogens is 420 g/mol. The Morgan fingerprint density at radius 2 is 1.79 bits per heavy atom. The van der Waals surface area contributed by atoms with E-state index in [1.807, 2.05) is 36.4 Å². The average molecular weight is 441 g/mol. The highest BCUT2D eigenvalue weighted by Gasteiger charge is 2.44. The lowest BCUT2D eigenvalue weighted by Crippen LogP contribution is -2.24. The highest BCUT2D eigenvalue weighted by atomic mass is 127. The van der Waals surface area contributed by atoms with E-state index in [1.54, 1.807) is 7.11 Å². The first kappa shape index (κ1) is 18.5. The molecule has 0 aliphatic heterocycles. The number of nitrogens with zero attached hydrogens (tertiary/aromatic N) is 1. The largest absolute Gasteiger partial charge is 0.497 e. The van der Waals surface area contributed by atoms with E-state index in [9.17, 15) is 4.39 Å². The van der Waals surface area contributed by atoms with Crippen LogP contribution in [0, 0.1) is 5.82 Å². The molecular formula is C18H21FIN3O. The number of methoxy groups -OCH3 is 1. The van der Waals surface area contributed by atoms with Crippen LogP contribution in [-0.2, 0) is 5.41 Å². The number of nitrogens with one attached hydrogen (secondary N) is 1. The number of anilines is 1. The van der Waals surface area contributed by atoms with E-state index in [2.05, 4.69) is 10.3 Å². The molecule has 1 fully saturated rings. The maximum atomic E-state index is 13.0. The third kappa shape index (κ3) is 4.37. The van der Waals surface area contributed by atoms with Crippen LogP contribution in [0.25, 0.3) is 0 Å². The molecule has 2 aromatic rings. The fourth-order valence-corrected chi connectivity index (χ4v) is 2.59. The van der Waals surface area contributed by atoms with Crippen LogP contribution >= 0.6 is 24.0 Å². The Morgan fingerprint density at radius 1 is 1.17 bits per heavy atom. The number of aliphatic imine (C=N–C) groups is 1. The van der Waals surface area contributed by atoms with Gasteiger partial charge >= 0.3 is 0 Å². The third-order valence-corrected chi connectivity index (χ3v) is 4.22. The Morgan fingerprint density at radius 3 is 2.33 bits per heavy atom. The van der Waals surface area contributed by atoms with Gasteiger partial charge in [0.15, 0.2) is 5.96 Å². The molecule has 1 saturated carbocycles. The monoisotopic (exact) mass is 441 g/mol. The Bertz CT molecular complexity index is 697. The fourth-order valence-electron chi connectivity index (χ4n) is 2.59. The van der Waals surface area contributed by atoms with Crippen LogP contribution in [0.1, 0.15) is 18.4 Å². The number of ether oxygens (including phenoxy) is 1. The van der Waals surface area contributed by atoms with Crippen molar-refractivity contribution in [3.8, 4) is 5.75 Å². The maximum absolute atomic E-state index is 13.0. The third-order valence-electron chi connectivity index (χ3n) is 4.22. The van der Waals surface area contributed by atoms with Crippen molar-refractivity contribution >= 4 is 35.6 Å². The normalized spacial score (nSPS) is 15.3. The molecule has 1 aliphatic carbocycles. The first-order valence-corrected chi connectivity index (χ1v) is 7.58. The molecule has 0 atom stereocenters. The van der Waals surface area contributed by atoms with Crippen molar-refractivity contribution in [2.75, 3.05) is 19.0 Å². The van der Waals surface area contributed by atoms with Gasteiger partial charge in [-0.3, -0.25) is 4.99 Å². The van der Waals surface area contributed by atoms with E-state index in [0.29, 0.717) is 12.5 Å². The van der Waals surface area contributed by atoms with E-state index in [1.165, 1.54) is 12.1 Å². The highest BCUT2D eigenvalue weighted by Crippen LogP contribution is 2.48. The zero-order chi connectivity index (χ0) is 16.3. The summed E-state index contributed by atoms with van der Waals surface area (Å²) in [5.41, 5.74) is 7.96. The Labute approximate surface area is 158 Å². The summed E-state index contributed by atoms with van der Waals surface area (Å²) < 4.78 is 18.2. The van der Waals surface area contributed by atoms with Crippen molar-refractivity contribution in [1.82, 2.24) is 0 Å². The zero-order valence-electron chi connectivity index (χ0n) is 13.5. The number of nitrogens with two attached hydrogens (primary N) is 1. The summed E-state index contributed by atoms with van der Waals surface area (Å²) >= 11 is 0. The van der Waals surface area contributed by atoms with Crippen molar-refractivity contribution in [2.24, 2.45) is 10.7 Å². The van der Waals surface area contributed by atoms with E-state index in [4.69, 9.17) is 10.5 Å². The van der Waals surface area contributed by atoms with Crippen molar-refractivity contribution in [1.29, 1.82) is 0 Å². The van der Waals surface area contributed by atoms with E-state index >= 15 is 0 Å². The van der Waals surface area contributed by atoms with Gasteiger partial charge < -0.3 is 15.8 Å². The summed E-state index contributed by atoms with van der Waals surface area (Å²) in [7, 11) is 1.63. The summed E-state index contributed by atoms with van der Waals surface area (Å²) in [5.74, 6) is 0.955. The lowest BCUT2D eigenvalue weighted by Gasteiger charge is -2.14. The van der Waals surface area contributed by atoms with Crippen LogP contribution in [-0.4, -0.2) is 19.6 Å². The van der Waals surface area contributed by atoms with Gasteiger partial charge in [-0.1, -0.05) is 12.1 Å². The summed E-state index contributed by atoms with van der Waals surface area (Å²) in [6.45, 7) is 0.605. The molecule has 24 heavy (non-hydrogen) atoms. The predicted molar refractivity (Wildman–Crippen MR) is 106 cm³/mol. The van der Waals surface area contributed by atoms with Crippen LogP contribution in [0.2, 0.25) is 0 Å². The first-order valence-electron chi connectivity index (χ1n) is 7.58. The molecule has 1 aliphatic rings. The molecule has 0 bridgehead atoms. The molecule has 3 rings (SSSR count). The van der Waals surface area contributed by atoms with Crippen LogP contribution < -0.4 is 15.8 Å². The van der Waals surface area contributed by atoms with Gasteiger partial charge in [0.1, 0.15) is 11.6 Å². The van der Waals surface area contributed by atoms with E-state index in [-0.39, 0.29) is 35.2 Å². The number of hydrogen-bond donors (Lipinski definition) is 2. The summed E-state index contributed by atoms with van der Waals surface area (Å²) in [5, 5.41) is 3.07. The molecule has 0 radical (unpaired) electrons. The second-order valence-electron chi connectivity index (χ2n) is 5.84. The highest BCUT2D eigenvalue weighted by molar-refractivity contribution is 14.0. The van der Waals surface area contributed by atoms with Crippen LogP contribution in [0.5, 0.6) is 5.75 Å². The topological polar surface area (TPSA) is 59.6 Å². The average Bonchev–Trinajstić information content (AvgIpc) is 3.35. The number of hydrogen-bond acceptors (Lipinski definition) is 2. The number of rotatable bonds is 5. The minimum absolute atomic E-state index is 0. The Balaban J connectivity index is 0.00000208. The number of halogens is 2. The zero-order valence-corrected chi connectivity index (χ0v) is 15.8. The summed E-state index contributed by atoms with van der Waals surface area (Å²) in [6, 6.07) is 14.2. The van der Waals surface area contributed by atoms with Crippen LogP contribution in [0.4, 0.5) is 10.1 Å². The molecule has 0 heterocycles. The van der Waals surface area contributed by atoms with Crippen molar-refractivity contribution in [2.45, 2.75) is 18.3 Å². The predicted octanol–water partition coefficient (Wildman–Crippen LogP) is 3.91. The van der Waals surface area contributed by atoms with Gasteiger partial charge in [0.2, 0.25) is 0 Å². The van der Waals surface area contributed by atoms with Gasteiger partial charge in [0, 0.05) is 11.1 Å². The minimum Gasteiger partial charge on any atom is -0.497 e. The molecule has 128 valence electrons. The number of guanidine groups is 1.